The van der Waals surface area contributed by atoms with Gasteiger partial charge in [-0.2, -0.15) is 0 Å². The predicted octanol–water partition coefficient (Wildman–Crippen LogP) is 1.20. The van der Waals surface area contributed by atoms with Crippen molar-refractivity contribution in [2.24, 2.45) is 7.05 Å². The van der Waals surface area contributed by atoms with Gasteiger partial charge in [-0.25, -0.2) is 9.07 Å². The van der Waals surface area contributed by atoms with Gasteiger partial charge in [0.05, 0.1) is 11.6 Å². The lowest BCUT2D eigenvalue weighted by Crippen LogP contribution is -2.23. The van der Waals surface area contributed by atoms with Crippen LogP contribution in [0.5, 0.6) is 0 Å². The van der Waals surface area contributed by atoms with Crippen LogP contribution >= 0.6 is 0 Å². The van der Waals surface area contributed by atoms with E-state index < -0.39 is 11.4 Å². The summed E-state index contributed by atoms with van der Waals surface area (Å²) in [6, 6.07) is 0. The molecular weight excluding hydrogens is 277 g/mol. The van der Waals surface area contributed by atoms with Crippen LogP contribution < -0.4 is 5.56 Å². The Morgan fingerprint density at radius 1 is 1.38 bits per heavy atom. The SMILES string of the molecule is CCCOCn1c(=O)c2c(F)cncc2c2c1nnn2C. The molecule has 3 rings (SSSR count). The minimum Gasteiger partial charge on any atom is -0.361 e. The fourth-order valence-corrected chi connectivity index (χ4v) is 2.31. The number of rotatable bonds is 4. The zero-order chi connectivity index (χ0) is 15.0. The molecule has 0 spiro atoms. The molecule has 0 aliphatic rings. The molecule has 0 atom stereocenters. The van der Waals surface area contributed by atoms with Crippen molar-refractivity contribution in [3.63, 3.8) is 0 Å². The Balaban J connectivity index is 2.37. The Kier molecular flexibility index (Phi) is 3.38. The van der Waals surface area contributed by atoms with Gasteiger partial charge in [0.15, 0.2) is 11.5 Å². The molecule has 7 nitrogen and oxygen atoms in total. The number of aromatic nitrogens is 5. The summed E-state index contributed by atoms with van der Waals surface area (Å²) >= 11 is 0. The highest BCUT2D eigenvalue weighted by atomic mass is 19.1. The Morgan fingerprint density at radius 2 is 2.19 bits per heavy atom. The number of hydrogen-bond acceptors (Lipinski definition) is 5. The van der Waals surface area contributed by atoms with Crippen LogP contribution in [-0.2, 0) is 18.5 Å². The maximum atomic E-state index is 14.0. The molecule has 0 aliphatic carbocycles. The van der Waals surface area contributed by atoms with Gasteiger partial charge in [-0.3, -0.25) is 14.3 Å². The number of fused-ring (bicyclic) bond motifs is 3. The monoisotopic (exact) mass is 291 g/mol. The van der Waals surface area contributed by atoms with Gasteiger partial charge < -0.3 is 4.74 Å². The van der Waals surface area contributed by atoms with E-state index in [2.05, 4.69) is 15.3 Å². The van der Waals surface area contributed by atoms with Crippen molar-refractivity contribution in [1.82, 2.24) is 24.5 Å². The highest BCUT2D eigenvalue weighted by Gasteiger charge is 2.18. The first kappa shape index (κ1) is 13.6. The third-order valence-corrected chi connectivity index (χ3v) is 3.25. The van der Waals surface area contributed by atoms with Gasteiger partial charge in [-0.05, 0) is 6.42 Å². The van der Waals surface area contributed by atoms with E-state index in [1.165, 1.54) is 15.4 Å². The molecular formula is C13H14FN5O2. The number of ether oxygens (including phenoxy) is 1. The third-order valence-electron chi connectivity index (χ3n) is 3.25. The second-order valence-electron chi connectivity index (χ2n) is 4.70. The van der Waals surface area contributed by atoms with Crippen molar-refractivity contribution < 1.29 is 9.13 Å². The number of hydrogen-bond donors (Lipinski definition) is 0. The summed E-state index contributed by atoms with van der Waals surface area (Å²) in [7, 11) is 1.68. The van der Waals surface area contributed by atoms with Crippen molar-refractivity contribution in [3.05, 3.63) is 28.6 Å². The van der Waals surface area contributed by atoms with Crippen LogP contribution in [0.4, 0.5) is 4.39 Å². The Labute approximate surface area is 119 Å². The molecule has 0 aromatic carbocycles. The Bertz CT molecular complexity index is 870. The smallest absolute Gasteiger partial charge is 0.265 e. The lowest BCUT2D eigenvalue weighted by Gasteiger charge is -2.09. The van der Waals surface area contributed by atoms with Gasteiger partial charge in [0.2, 0.25) is 0 Å². The minimum atomic E-state index is -0.662. The summed E-state index contributed by atoms with van der Waals surface area (Å²) in [5.74, 6) is -0.662. The molecule has 0 N–H and O–H groups in total. The van der Waals surface area contributed by atoms with Gasteiger partial charge in [0.1, 0.15) is 12.2 Å². The molecule has 110 valence electrons. The normalized spacial score (nSPS) is 11.6. The van der Waals surface area contributed by atoms with Gasteiger partial charge in [-0.15, -0.1) is 5.10 Å². The summed E-state index contributed by atoms with van der Waals surface area (Å²) in [4.78, 5) is 16.3. The van der Waals surface area contributed by atoms with Gasteiger partial charge >= 0.3 is 0 Å². The van der Waals surface area contributed by atoms with Gasteiger partial charge in [-0.1, -0.05) is 12.1 Å². The van der Waals surface area contributed by atoms with E-state index in [0.717, 1.165) is 12.6 Å². The average Bonchev–Trinajstić information content (AvgIpc) is 2.84. The highest BCUT2D eigenvalue weighted by Crippen LogP contribution is 2.21. The quantitative estimate of drug-likeness (QED) is 0.675. The standard InChI is InChI=1S/C13H14FN5O2/c1-3-4-21-7-19-12-11(18(2)17-16-12)8-5-15-6-9(14)10(8)13(19)20/h5-6H,3-4,7H2,1-2H3. The van der Waals surface area contributed by atoms with E-state index in [1.807, 2.05) is 6.92 Å². The lowest BCUT2D eigenvalue weighted by molar-refractivity contribution is 0.0780. The maximum Gasteiger partial charge on any atom is 0.265 e. The summed E-state index contributed by atoms with van der Waals surface area (Å²) in [5, 5.41) is 8.26. The molecule has 0 unspecified atom stereocenters. The Hall–Kier alpha value is -2.35. The number of aryl methyl sites for hydroxylation is 1. The van der Waals surface area contributed by atoms with Crippen LogP contribution in [-0.4, -0.2) is 31.2 Å². The molecule has 0 amide bonds. The predicted molar refractivity (Wildman–Crippen MR) is 74.3 cm³/mol. The largest absolute Gasteiger partial charge is 0.361 e. The second kappa shape index (κ2) is 5.21. The Morgan fingerprint density at radius 3 is 2.95 bits per heavy atom. The molecule has 21 heavy (non-hydrogen) atoms. The first-order chi connectivity index (χ1) is 10.1. The zero-order valence-corrected chi connectivity index (χ0v) is 11.7. The second-order valence-corrected chi connectivity index (χ2v) is 4.70. The van der Waals surface area contributed by atoms with Gasteiger partial charge in [0, 0.05) is 25.2 Å². The molecule has 3 aromatic heterocycles. The maximum absolute atomic E-state index is 14.0. The molecule has 3 heterocycles. The lowest BCUT2D eigenvalue weighted by atomic mass is 10.2. The van der Waals surface area contributed by atoms with Crippen molar-refractivity contribution in [1.29, 1.82) is 0 Å². The average molecular weight is 291 g/mol. The van der Waals surface area contributed by atoms with E-state index in [-0.39, 0.29) is 12.1 Å². The minimum absolute atomic E-state index is 0.0135. The summed E-state index contributed by atoms with van der Waals surface area (Å²) in [6.45, 7) is 2.48. The fourth-order valence-electron chi connectivity index (χ4n) is 2.31. The molecule has 3 aromatic rings. The molecule has 8 heteroatoms. The molecule has 0 radical (unpaired) electrons. The van der Waals surface area contributed by atoms with Crippen molar-refractivity contribution >= 4 is 21.9 Å². The molecule has 0 saturated carbocycles. The van der Waals surface area contributed by atoms with Gasteiger partial charge in [0.25, 0.3) is 5.56 Å². The summed E-state index contributed by atoms with van der Waals surface area (Å²) in [5.41, 5.74) is 0.421. The zero-order valence-electron chi connectivity index (χ0n) is 11.7. The van der Waals surface area contributed by atoms with E-state index in [0.29, 0.717) is 23.2 Å². The summed E-state index contributed by atoms with van der Waals surface area (Å²) < 4.78 is 22.2. The van der Waals surface area contributed by atoms with Crippen molar-refractivity contribution in [3.8, 4) is 0 Å². The highest BCUT2D eigenvalue weighted by molar-refractivity contribution is 6.01. The van der Waals surface area contributed by atoms with Crippen LogP contribution in [0.15, 0.2) is 17.2 Å². The van der Waals surface area contributed by atoms with Crippen LogP contribution in [0.1, 0.15) is 13.3 Å². The molecule has 0 saturated heterocycles. The van der Waals surface area contributed by atoms with E-state index in [4.69, 9.17) is 4.74 Å². The van der Waals surface area contributed by atoms with E-state index >= 15 is 0 Å². The van der Waals surface area contributed by atoms with Crippen molar-refractivity contribution in [2.45, 2.75) is 20.1 Å². The first-order valence-electron chi connectivity index (χ1n) is 6.58. The number of nitrogens with zero attached hydrogens (tertiary/aromatic N) is 5. The van der Waals surface area contributed by atoms with Crippen molar-refractivity contribution in [2.75, 3.05) is 6.61 Å². The topological polar surface area (TPSA) is 74.8 Å². The fraction of sp³-hybridized carbons (Fsp3) is 0.385. The van der Waals surface area contributed by atoms with Crippen LogP contribution in [0, 0.1) is 5.82 Å². The summed E-state index contributed by atoms with van der Waals surface area (Å²) in [6.07, 6.45) is 3.30. The van der Waals surface area contributed by atoms with Crippen LogP contribution in [0.25, 0.3) is 21.9 Å². The third kappa shape index (κ3) is 2.07. The van der Waals surface area contributed by atoms with Crippen LogP contribution in [0.3, 0.4) is 0 Å². The molecule has 0 bridgehead atoms. The number of pyridine rings is 2. The first-order valence-corrected chi connectivity index (χ1v) is 6.58. The molecule has 0 fully saturated rings. The number of halogens is 1. The molecule has 0 aliphatic heterocycles. The van der Waals surface area contributed by atoms with E-state index in [9.17, 15) is 9.18 Å². The van der Waals surface area contributed by atoms with Crippen LogP contribution in [0.2, 0.25) is 0 Å². The van der Waals surface area contributed by atoms with E-state index in [1.54, 1.807) is 7.05 Å².